The lowest BCUT2D eigenvalue weighted by atomic mass is 10.0. The fourth-order valence-corrected chi connectivity index (χ4v) is 2.80. The molecule has 110 valence electrons. The number of thiocarbonyl (C=S) groups is 1. The quantitative estimate of drug-likeness (QED) is 0.846. The number of nitrogens with two attached hydrogens (primary N) is 1. The summed E-state index contributed by atoms with van der Waals surface area (Å²) in [6, 6.07) is 5.20. The summed E-state index contributed by atoms with van der Waals surface area (Å²) in [7, 11) is 2.00. The Labute approximate surface area is 124 Å². The maximum absolute atomic E-state index is 14.2. The van der Waals surface area contributed by atoms with Gasteiger partial charge in [0.25, 0.3) is 0 Å². The van der Waals surface area contributed by atoms with Gasteiger partial charge in [-0.3, -0.25) is 0 Å². The zero-order chi connectivity index (χ0) is 14.5. The van der Waals surface area contributed by atoms with Gasteiger partial charge in [0.15, 0.2) is 0 Å². The third-order valence-electron chi connectivity index (χ3n) is 3.61. The summed E-state index contributed by atoms with van der Waals surface area (Å²) in [5.41, 5.74) is 6.48. The summed E-state index contributed by atoms with van der Waals surface area (Å²) in [6.07, 6.45) is 2.30. The second-order valence-corrected chi connectivity index (χ2v) is 5.86. The zero-order valence-electron chi connectivity index (χ0n) is 11.8. The highest BCUT2D eigenvalue weighted by Crippen LogP contribution is 2.18. The fraction of sp³-hybridized carbons (Fsp3) is 0.533. The summed E-state index contributed by atoms with van der Waals surface area (Å²) in [4.78, 5) is 2.23. The predicted molar refractivity (Wildman–Crippen MR) is 82.2 cm³/mol. The Morgan fingerprint density at radius 3 is 3.00 bits per heavy atom. The Kier molecular flexibility index (Phi) is 5.46. The number of rotatable bonds is 5. The predicted octanol–water partition coefficient (Wildman–Crippen LogP) is 2.32. The van der Waals surface area contributed by atoms with E-state index in [9.17, 15) is 4.39 Å². The van der Waals surface area contributed by atoms with Crippen LogP contribution in [0.4, 0.5) is 4.39 Å². The van der Waals surface area contributed by atoms with Crippen molar-refractivity contribution in [2.75, 3.05) is 26.8 Å². The Morgan fingerprint density at radius 1 is 1.55 bits per heavy atom. The molecule has 0 aromatic heterocycles. The Hall–Kier alpha value is -1.04. The van der Waals surface area contributed by atoms with Crippen molar-refractivity contribution >= 4 is 17.2 Å². The van der Waals surface area contributed by atoms with Crippen LogP contribution in [0.1, 0.15) is 24.0 Å². The summed E-state index contributed by atoms with van der Waals surface area (Å²) >= 11 is 4.86. The van der Waals surface area contributed by atoms with Gasteiger partial charge in [-0.05, 0) is 31.9 Å². The van der Waals surface area contributed by atoms with Crippen LogP contribution < -0.4 is 5.73 Å². The molecule has 1 aromatic carbocycles. The summed E-state index contributed by atoms with van der Waals surface area (Å²) in [5.74, 6) is 0.238. The maximum atomic E-state index is 14.2. The normalized spacial score (nSPS) is 19.2. The topological polar surface area (TPSA) is 38.5 Å². The molecule has 1 saturated heterocycles. The van der Waals surface area contributed by atoms with Crippen LogP contribution in [-0.2, 0) is 11.3 Å². The molecule has 0 spiro atoms. The number of hydrogen-bond acceptors (Lipinski definition) is 3. The van der Waals surface area contributed by atoms with E-state index in [2.05, 4.69) is 4.90 Å². The van der Waals surface area contributed by atoms with Gasteiger partial charge in [0, 0.05) is 30.8 Å². The van der Waals surface area contributed by atoms with Crippen molar-refractivity contribution in [3.63, 3.8) is 0 Å². The molecular weight excluding hydrogens is 275 g/mol. The van der Waals surface area contributed by atoms with E-state index in [0.29, 0.717) is 23.6 Å². The second-order valence-electron chi connectivity index (χ2n) is 5.42. The minimum atomic E-state index is -0.299. The molecule has 0 aliphatic carbocycles. The molecule has 1 unspecified atom stereocenters. The average Bonchev–Trinajstić information content (AvgIpc) is 2.42. The van der Waals surface area contributed by atoms with E-state index in [1.807, 2.05) is 7.05 Å². The van der Waals surface area contributed by atoms with Gasteiger partial charge < -0.3 is 15.4 Å². The van der Waals surface area contributed by atoms with Crippen molar-refractivity contribution in [1.29, 1.82) is 0 Å². The van der Waals surface area contributed by atoms with Crippen LogP contribution in [0.5, 0.6) is 0 Å². The summed E-state index contributed by atoms with van der Waals surface area (Å²) < 4.78 is 19.7. The lowest BCUT2D eigenvalue weighted by Gasteiger charge is -2.27. The average molecular weight is 296 g/mol. The van der Waals surface area contributed by atoms with E-state index in [0.717, 1.165) is 26.2 Å². The number of halogens is 1. The minimum absolute atomic E-state index is 0.104. The monoisotopic (exact) mass is 296 g/mol. The lowest BCUT2D eigenvalue weighted by Crippen LogP contribution is -2.31. The van der Waals surface area contributed by atoms with E-state index in [-0.39, 0.29) is 10.8 Å². The minimum Gasteiger partial charge on any atom is -0.389 e. The van der Waals surface area contributed by atoms with Crippen LogP contribution in [0.3, 0.4) is 0 Å². The Balaban J connectivity index is 1.98. The zero-order valence-corrected chi connectivity index (χ0v) is 12.6. The standard InChI is InChI=1S/C15H21FN2OS/c1-18(8-11-4-3-7-19-10-11)9-12-5-2-6-13(14(12)16)15(17)20/h2,5-6,11H,3-4,7-10H2,1H3,(H2,17,20). The largest absolute Gasteiger partial charge is 0.389 e. The molecular formula is C15H21FN2OS. The first kappa shape index (κ1) is 15.4. The SMILES string of the molecule is CN(Cc1cccc(C(N)=S)c1F)CC1CCCOC1. The maximum Gasteiger partial charge on any atom is 0.137 e. The molecule has 2 N–H and O–H groups in total. The molecule has 0 saturated carbocycles. The summed E-state index contributed by atoms with van der Waals surface area (Å²) in [6.45, 7) is 3.14. The fourth-order valence-electron chi connectivity index (χ4n) is 2.64. The van der Waals surface area contributed by atoms with E-state index in [4.69, 9.17) is 22.7 Å². The van der Waals surface area contributed by atoms with Crippen LogP contribution in [0, 0.1) is 11.7 Å². The molecule has 1 aromatic rings. The summed E-state index contributed by atoms with van der Waals surface area (Å²) in [5, 5.41) is 0. The van der Waals surface area contributed by atoms with Crippen LogP contribution in [0.15, 0.2) is 18.2 Å². The van der Waals surface area contributed by atoms with Crippen molar-refractivity contribution in [3.8, 4) is 0 Å². The smallest absolute Gasteiger partial charge is 0.137 e. The molecule has 3 nitrogen and oxygen atoms in total. The molecule has 2 rings (SSSR count). The van der Waals surface area contributed by atoms with E-state index >= 15 is 0 Å². The van der Waals surface area contributed by atoms with Crippen molar-refractivity contribution < 1.29 is 9.13 Å². The molecule has 0 radical (unpaired) electrons. The van der Waals surface area contributed by atoms with Gasteiger partial charge in [0.2, 0.25) is 0 Å². The van der Waals surface area contributed by atoms with E-state index in [1.54, 1.807) is 18.2 Å². The van der Waals surface area contributed by atoms with Crippen LogP contribution in [0.2, 0.25) is 0 Å². The molecule has 0 bridgehead atoms. The molecule has 1 atom stereocenters. The van der Waals surface area contributed by atoms with E-state index < -0.39 is 0 Å². The third-order valence-corrected chi connectivity index (χ3v) is 3.83. The van der Waals surface area contributed by atoms with Crippen LogP contribution >= 0.6 is 12.2 Å². The molecule has 1 aliphatic heterocycles. The number of benzene rings is 1. The van der Waals surface area contributed by atoms with E-state index in [1.165, 1.54) is 6.42 Å². The molecule has 1 aliphatic rings. The number of hydrogen-bond donors (Lipinski definition) is 1. The first-order valence-electron chi connectivity index (χ1n) is 6.91. The van der Waals surface area contributed by atoms with Crippen LogP contribution in [0.25, 0.3) is 0 Å². The van der Waals surface area contributed by atoms with Gasteiger partial charge in [-0.15, -0.1) is 0 Å². The highest BCUT2D eigenvalue weighted by molar-refractivity contribution is 7.80. The lowest BCUT2D eigenvalue weighted by molar-refractivity contribution is 0.0410. The number of ether oxygens (including phenoxy) is 1. The Morgan fingerprint density at radius 2 is 2.35 bits per heavy atom. The molecule has 20 heavy (non-hydrogen) atoms. The highest BCUT2D eigenvalue weighted by Gasteiger charge is 2.17. The Bertz CT molecular complexity index is 475. The van der Waals surface area contributed by atoms with Gasteiger partial charge in [0.1, 0.15) is 10.8 Å². The first-order valence-corrected chi connectivity index (χ1v) is 7.32. The van der Waals surface area contributed by atoms with Gasteiger partial charge in [-0.25, -0.2) is 4.39 Å². The van der Waals surface area contributed by atoms with Crippen LogP contribution in [-0.4, -0.2) is 36.7 Å². The highest BCUT2D eigenvalue weighted by atomic mass is 32.1. The molecule has 1 fully saturated rings. The van der Waals surface area contributed by atoms with Crippen molar-refractivity contribution in [2.45, 2.75) is 19.4 Å². The van der Waals surface area contributed by atoms with Crippen molar-refractivity contribution in [3.05, 3.63) is 35.1 Å². The van der Waals surface area contributed by atoms with Crippen molar-refractivity contribution in [1.82, 2.24) is 4.90 Å². The third kappa shape index (κ3) is 3.98. The molecule has 5 heteroatoms. The first-order chi connectivity index (χ1) is 9.58. The number of nitrogens with zero attached hydrogens (tertiary/aromatic N) is 1. The van der Waals surface area contributed by atoms with Crippen molar-refractivity contribution in [2.24, 2.45) is 11.7 Å². The van der Waals surface area contributed by atoms with Gasteiger partial charge in [-0.2, -0.15) is 0 Å². The second kappa shape index (κ2) is 7.11. The van der Waals surface area contributed by atoms with Gasteiger partial charge in [-0.1, -0.05) is 24.4 Å². The molecule has 1 heterocycles. The molecule has 0 amide bonds. The van der Waals surface area contributed by atoms with Gasteiger partial charge in [0.05, 0.1) is 6.61 Å². The van der Waals surface area contributed by atoms with Gasteiger partial charge >= 0.3 is 0 Å².